The van der Waals surface area contributed by atoms with E-state index in [0.29, 0.717) is 30.4 Å². The molecule has 20 heavy (non-hydrogen) atoms. The number of ether oxygens (including phenoxy) is 1. The predicted octanol–water partition coefficient (Wildman–Crippen LogP) is 1.61. The highest BCUT2D eigenvalue weighted by Gasteiger charge is 2.26. The second kappa shape index (κ2) is 7.11. The first-order chi connectivity index (χ1) is 9.65. The van der Waals surface area contributed by atoms with Crippen LogP contribution in [-0.4, -0.2) is 54.8 Å². The Labute approximate surface area is 124 Å². The second-order valence-electron chi connectivity index (χ2n) is 5.04. The highest BCUT2D eigenvalue weighted by molar-refractivity contribution is 6.31. The van der Waals surface area contributed by atoms with Crippen LogP contribution in [0.15, 0.2) is 12.3 Å². The Kier molecular flexibility index (Phi) is 5.46. The molecule has 1 unspecified atom stereocenters. The molecule has 1 fully saturated rings. The number of nitrogens with one attached hydrogen (secondary N) is 1. The van der Waals surface area contributed by atoms with Crippen LogP contribution in [0.1, 0.15) is 23.8 Å². The van der Waals surface area contributed by atoms with Crippen LogP contribution >= 0.6 is 11.6 Å². The van der Waals surface area contributed by atoms with E-state index >= 15 is 0 Å². The number of hydrogen-bond donors (Lipinski definition) is 1. The lowest BCUT2D eigenvalue weighted by Crippen LogP contribution is -2.48. The van der Waals surface area contributed by atoms with Crippen molar-refractivity contribution in [3.05, 3.63) is 23.0 Å². The summed E-state index contributed by atoms with van der Waals surface area (Å²) in [5, 5.41) is 3.70. The smallest absolute Gasteiger partial charge is 0.270 e. The van der Waals surface area contributed by atoms with E-state index < -0.39 is 0 Å². The van der Waals surface area contributed by atoms with Gasteiger partial charge in [-0.15, -0.1) is 0 Å². The lowest BCUT2D eigenvalue weighted by Gasteiger charge is -2.33. The maximum Gasteiger partial charge on any atom is 0.270 e. The van der Waals surface area contributed by atoms with Crippen LogP contribution in [0.2, 0.25) is 5.02 Å². The Balaban J connectivity index is 2.10. The molecule has 0 saturated carbocycles. The monoisotopic (exact) mass is 299 g/mol. The molecule has 112 valence electrons. The van der Waals surface area contributed by atoms with E-state index in [9.17, 15) is 4.79 Å². The van der Waals surface area contributed by atoms with Gasteiger partial charge in [-0.05, 0) is 19.5 Å². The van der Waals surface area contributed by atoms with Crippen molar-refractivity contribution in [2.24, 2.45) is 0 Å². The molecule has 2 rings (SSSR count). The SMILES string of the molecule is CCCn1cc(Cl)cc1C(=O)N1CCOC(CNC)C1. The zero-order valence-corrected chi connectivity index (χ0v) is 12.8. The van der Waals surface area contributed by atoms with Crippen molar-refractivity contribution in [3.8, 4) is 0 Å². The first kappa shape index (κ1) is 15.4. The molecule has 0 spiro atoms. The number of likely N-dealkylation sites (N-methyl/N-ethyl adjacent to an activating group) is 1. The van der Waals surface area contributed by atoms with E-state index in [1.165, 1.54) is 0 Å². The lowest BCUT2D eigenvalue weighted by atomic mass is 10.2. The van der Waals surface area contributed by atoms with Crippen LogP contribution in [-0.2, 0) is 11.3 Å². The van der Waals surface area contributed by atoms with E-state index in [4.69, 9.17) is 16.3 Å². The molecule has 1 aromatic heterocycles. The highest BCUT2D eigenvalue weighted by atomic mass is 35.5. The maximum atomic E-state index is 12.6. The lowest BCUT2D eigenvalue weighted by molar-refractivity contribution is -0.0199. The fourth-order valence-corrected chi connectivity index (χ4v) is 2.72. The second-order valence-corrected chi connectivity index (χ2v) is 5.48. The Morgan fingerprint density at radius 1 is 1.60 bits per heavy atom. The number of carbonyl (C=O) groups is 1. The number of rotatable bonds is 5. The molecular formula is C14H22ClN3O2. The summed E-state index contributed by atoms with van der Waals surface area (Å²) in [7, 11) is 1.89. The van der Waals surface area contributed by atoms with Crippen molar-refractivity contribution in [2.45, 2.75) is 26.0 Å². The Bertz CT molecular complexity index is 459. The van der Waals surface area contributed by atoms with Crippen LogP contribution in [0, 0.1) is 0 Å². The number of nitrogens with zero attached hydrogens (tertiary/aromatic N) is 2. The Hall–Kier alpha value is -1.04. The van der Waals surface area contributed by atoms with Crippen LogP contribution in [0.4, 0.5) is 0 Å². The maximum absolute atomic E-state index is 12.6. The van der Waals surface area contributed by atoms with Gasteiger partial charge in [0.05, 0.1) is 17.7 Å². The summed E-state index contributed by atoms with van der Waals surface area (Å²) in [6.45, 7) is 5.47. The van der Waals surface area contributed by atoms with E-state index in [0.717, 1.165) is 19.5 Å². The first-order valence-electron chi connectivity index (χ1n) is 7.06. The predicted molar refractivity (Wildman–Crippen MR) is 79.3 cm³/mol. The third-order valence-corrected chi connectivity index (χ3v) is 3.61. The number of halogens is 1. The van der Waals surface area contributed by atoms with Gasteiger partial charge in [-0.3, -0.25) is 4.79 Å². The fraction of sp³-hybridized carbons (Fsp3) is 0.643. The van der Waals surface area contributed by atoms with Gasteiger partial charge in [-0.2, -0.15) is 0 Å². The van der Waals surface area contributed by atoms with Crippen molar-refractivity contribution in [1.82, 2.24) is 14.8 Å². The molecule has 1 amide bonds. The van der Waals surface area contributed by atoms with Crippen LogP contribution < -0.4 is 5.32 Å². The van der Waals surface area contributed by atoms with Crippen molar-refractivity contribution >= 4 is 17.5 Å². The van der Waals surface area contributed by atoms with Crippen LogP contribution in [0.25, 0.3) is 0 Å². The molecule has 1 saturated heterocycles. The molecule has 2 heterocycles. The number of aryl methyl sites for hydroxylation is 1. The number of morpholine rings is 1. The molecule has 1 aliphatic rings. The Morgan fingerprint density at radius 3 is 3.10 bits per heavy atom. The van der Waals surface area contributed by atoms with Crippen molar-refractivity contribution in [1.29, 1.82) is 0 Å². The molecule has 6 heteroatoms. The van der Waals surface area contributed by atoms with Gasteiger partial charge >= 0.3 is 0 Å². The van der Waals surface area contributed by atoms with Crippen LogP contribution in [0.3, 0.4) is 0 Å². The van der Waals surface area contributed by atoms with E-state index in [1.807, 2.05) is 22.7 Å². The molecule has 5 nitrogen and oxygen atoms in total. The van der Waals surface area contributed by atoms with Gasteiger partial charge in [0, 0.05) is 32.4 Å². The Morgan fingerprint density at radius 2 is 2.40 bits per heavy atom. The fourth-order valence-electron chi connectivity index (χ4n) is 2.50. The minimum atomic E-state index is 0.0368. The van der Waals surface area contributed by atoms with Gasteiger partial charge < -0.3 is 19.5 Å². The number of amides is 1. The average Bonchev–Trinajstić information content (AvgIpc) is 2.80. The topological polar surface area (TPSA) is 46.5 Å². The molecule has 1 aliphatic heterocycles. The van der Waals surface area contributed by atoms with E-state index in [1.54, 1.807) is 6.07 Å². The molecule has 1 N–H and O–H groups in total. The van der Waals surface area contributed by atoms with Crippen molar-refractivity contribution in [3.63, 3.8) is 0 Å². The zero-order valence-electron chi connectivity index (χ0n) is 12.1. The van der Waals surface area contributed by atoms with Crippen molar-refractivity contribution in [2.75, 3.05) is 33.3 Å². The number of aromatic nitrogens is 1. The van der Waals surface area contributed by atoms with E-state index in [2.05, 4.69) is 12.2 Å². The van der Waals surface area contributed by atoms with Gasteiger partial charge in [0.25, 0.3) is 5.91 Å². The highest BCUT2D eigenvalue weighted by Crippen LogP contribution is 2.18. The zero-order chi connectivity index (χ0) is 14.5. The van der Waals surface area contributed by atoms with E-state index in [-0.39, 0.29) is 12.0 Å². The molecule has 0 radical (unpaired) electrons. The number of hydrogen-bond acceptors (Lipinski definition) is 3. The first-order valence-corrected chi connectivity index (χ1v) is 7.44. The van der Waals surface area contributed by atoms with Crippen LogP contribution in [0.5, 0.6) is 0 Å². The summed E-state index contributed by atoms with van der Waals surface area (Å²) in [6.07, 6.45) is 2.85. The summed E-state index contributed by atoms with van der Waals surface area (Å²) in [5.74, 6) is 0.0368. The molecule has 1 atom stereocenters. The summed E-state index contributed by atoms with van der Waals surface area (Å²) in [5.41, 5.74) is 0.668. The third-order valence-electron chi connectivity index (χ3n) is 3.40. The summed E-state index contributed by atoms with van der Waals surface area (Å²) < 4.78 is 7.57. The van der Waals surface area contributed by atoms with Gasteiger partial charge in [0.2, 0.25) is 0 Å². The van der Waals surface area contributed by atoms with Gasteiger partial charge in [-0.25, -0.2) is 0 Å². The largest absolute Gasteiger partial charge is 0.373 e. The third kappa shape index (κ3) is 3.53. The molecular weight excluding hydrogens is 278 g/mol. The van der Waals surface area contributed by atoms with Crippen molar-refractivity contribution < 1.29 is 9.53 Å². The summed E-state index contributed by atoms with van der Waals surface area (Å²) >= 11 is 6.04. The molecule has 1 aromatic rings. The standard InChI is InChI=1S/C14H22ClN3O2/c1-3-4-17-9-11(15)7-13(17)14(19)18-5-6-20-12(10-18)8-16-2/h7,9,12,16H,3-6,8,10H2,1-2H3. The van der Waals surface area contributed by atoms with Gasteiger partial charge in [0.15, 0.2) is 0 Å². The average molecular weight is 300 g/mol. The molecule has 0 aliphatic carbocycles. The quantitative estimate of drug-likeness (QED) is 0.898. The minimum Gasteiger partial charge on any atom is -0.373 e. The minimum absolute atomic E-state index is 0.0368. The molecule has 0 aromatic carbocycles. The van der Waals surface area contributed by atoms with Gasteiger partial charge in [0.1, 0.15) is 5.69 Å². The number of carbonyl (C=O) groups excluding carboxylic acids is 1. The summed E-state index contributed by atoms with van der Waals surface area (Å²) in [6, 6.07) is 1.75. The molecule has 0 bridgehead atoms. The van der Waals surface area contributed by atoms with Gasteiger partial charge in [-0.1, -0.05) is 18.5 Å². The normalized spacial score (nSPS) is 19.4. The summed E-state index contributed by atoms with van der Waals surface area (Å²) in [4.78, 5) is 14.5.